The molecule has 0 fully saturated rings. The molecule has 0 saturated carbocycles. The number of halogens is 2. The monoisotopic (exact) mass is 268 g/mol. The van der Waals surface area contributed by atoms with E-state index < -0.39 is 11.6 Å². The van der Waals surface area contributed by atoms with Crippen molar-refractivity contribution in [1.29, 1.82) is 0 Å². The molecule has 1 aromatic heterocycles. The van der Waals surface area contributed by atoms with Crippen LogP contribution >= 0.6 is 0 Å². The molecule has 1 heterocycles. The number of hydrogen-bond acceptors (Lipinski definition) is 2. The Bertz CT molecular complexity index is 578. The zero-order valence-corrected chi connectivity index (χ0v) is 11.2. The molecular formula is C14H18F2N2O. The maximum Gasteiger partial charge on any atom is 0.161 e. The Balaban J connectivity index is 2.52. The molecule has 0 spiro atoms. The molecule has 19 heavy (non-hydrogen) atoms. The average molecular weight is 268 g/mol. The summed E-state index contributed by atoms with van der Waals surface area (Å²) in [5, 5.41) is 8.94. The van der Waals surface area contributed by atoms with Crippen LogP contribution in [0.1, 0.15) is 26.1 Å². The van der Waals surface area contributed by atoms with Crippen molar-refractivity contribution in [2.45, 2.75) is 33.2 Å². The zero-order chi connectivity index (χ0) is 14.0. The lowest BCUT2D eigenvalue weighted by Crippen LogP contribution is -2.08. The van der Waals surface area contributed by atoms with Crippen LogP contribution in [0.4, 0.5) is 8.78 Å². The Labute approximate surface area is 110 Å². The van der Waals surface area contributed by atoms with E-state index in [-0.39, 0.29) is 6.61 Å². The van der Waals surface area contributed by atoms with E-state index >= 15 is 0 Å². The smallest absolute Gasteiger partial charge is 0.161 e. The molecule has 0 saturated heterocycles. The highest BCUT2D eigenvalue weighted by atomic mass is 19.2. The van der Waals surface area contributed by atoms with Crippen LogP contribution in [0, 0.1) is 17.6 Å². The molecule has 0 bridgehead atoms. The topological polar surface area (TPSA) is 38.0 Å². The number of nitrogens with zero attached hydrogens (tertiary/aromatic N) is 2. The first-order valence-electron chi connectivity index (χ1n) is 6.48. The van der Waals surface area contributed by atoms with Gasteiger partial charge in [0.05, 0.1) is 11.0 Å². The highest BCUT2D eigenvalue weighted by molar-refractivity contribution is 5.76. The molecule has 0 aliphatic heterocycles. The SMILES string of the molecule is CC(C)Cc1nc2cc(F)c(F)cc2n1CCCO. The molecule has 0 radical (unpaired) electrons. The van der Waals surface area contributed by atoms with Crippen molar-refractivity contribution in [3.05, 3.63) is 29.6 Å². The summed E-state index contributed by atoms with van der Waals surface area (Å²) in [6, 6.07) is 2.31. The summed E-state index contributed by atoms with van der Waals surface area (Å²) in [6.45, 7) is 4.75. The Hall–Kier alpha value is -1.49. The van der Waals surface area contributed by atoms with Crippen molar-refractivity contribution in [2.75, 3.05) is 6.61 Å². The van der Waals surface area contributed by atoms with Crippen molar-refractivity contribution >= 4 is 11.0 Å². The number of fused-ring (bicyclic) bond motifs is 1. The van der Waals surface area contributed by atoms with Gasteiger partial charge in [0.2, 0.25) is 0 Å². The van der Waals surface area contributed by atoms with Crippen molar-refractivity contribution in [2.24, 2.45) is 5.92 Å². The van der Waals surface area contributed by atoms with Crippen molar-refractivity contribution < 1.29 is 13.9 Å². The Morgan fingerprint density at radius 2 is 1.95 bits per heavy atom. The minimum Gasteiger partial charge on any atom is -0.396 e. The lowest BCUT2D eigenvalue weighted by Gasteiger charge is -2.10. The molecular weight excluding hydrogens is 250 g/mol. The third-order valence-electron chi connectivity index (χ3n) is 3.00. The van der Waals surface area contributed by atoms with E-state index in [1.165, 1.54) is 6.07 Å². The molecule has 1 N–H and O–H groups in total. The highest BCUT2D eigenvalue weighted by Gasteiger charge is 2.14. The average Bonchev–Trinajstić information content (AvgIpc) is 2.63. The van der Waals surface area contributed by atoms with Crippen molar-refractivity contribution in [1.82, 2.24) is 9.55 Å². The molecule has 0 unspecified atom stereocenters. The lowest BCUT2D eigenvalue weighted by molar-refractivity contribution is 0.279. The fourth-order valence-corrected chi connectivity index (χ4v) is 2.17. The third-order valence-corrected chi connectivity index (χ3v) is 3.00. The van der Waals surface area contributed by atoms with Gasteiger partial charge in [-0.1, -0.05) is 13.8 Å². The van der Waals surface area contributed by atoms with Crippen LogP contribution in [0.25, 0.3) is 11.0 Å². The second-order valence-electron chi connectivity index (χ2n) is 5.11. The van der Waals surface area contributed by atoms with Gasteiger partial charge in [-0.3, -0.25) is 0 Å². The van der Waals surface area contributed by atoms with E-state index in [0.717, 1.165) is 18.3 Å². The first kappa shape index (κ1) is 13.9. The maximum absolute atomic E-state index is 13.4. The van der Waals surface area contributed by atoms with E-state index in [2.05, 4.69) is 18.8 Å². The third kappa shape index (κ3) is 2.92. The molecule has 0 aliphatic carbocycles. The van der Waals surface area contributed by atoms with Gasteiger partial charge >= 0.3 is 0 Å². The number of rotatable bonds is 5. The van der Waals surface area contributed by atoms with Gasteiger partial charge in [-0.2, -0.15) is 0 Å². The number of aliphatic hydroxyl groups excluding tert-OH is 1. The standard InChI is InChI=1S/C14H18F2N2O/c1-9(2)6-14-17-12-7-10(15)11(16)8-13(12)18(14)4-3-5-19/h7-9,19H,3-6H2,1-2H3. The summed E-state index contributed by atoms with van der Waals surface area (Å²) in [4.78, 5) is 4.38. The van der Waals surface area contributed by atoms with Crippen molar-refractivity contribution in [3.63, 3.8) is 0 Å². The number of aromatic nitrogens is 2. The minimum absolute atomic E-state index is 0.0600. The molecule has 0 aliphatic rings. The highest BCUT2D eigenvalue weighted by Crippen LogP contribution is 2.22. The van der Waals surface area contributed by atoms with Gasteiger partial charge in [-0.15, -0.1) is 0 Å². The minimum atomic E-state index is -0.879. The van der Waals surface area contributed by atoms with Gasteiger partial charge in [0, 0.05) is 31.7 Å². The van der Waals surface area contributed by atoms with Crippen LogP contribution in [-0.4, -0.2) is 21.3 Å². The fraction of sp³-hybridized carbons (Fsp3) is 0.500. The fourth-order valence-electron chi connectivity index (χ4n) is 2.17. The molecule has 5 heteroatoms. The number of imidazole rings is 1. The summed E-state index contributed by atoms with van der Waals surface area (Å²) in [6.07, 6.45) is 1.30. The molecule has 0 atom stereocenters. The van der Waals surface area contributed by atoms with Crippen LogP contribution in [0.2, 0.25) is 0 Å². The van der Waals surface area contributed by atoms with E-state index in [9.17, 15) is 8.78 Å². The van der Waals surface area contributed by atoms with Gasteiger partial charge in [-0.05, 0) is 12.3 Å². The van der Waals surface area contributed by atoms with Crippen LogP contribution < -0.4 is 0 Å². The predicted octanol–water partition coefficient (Wildman–Crippen LogP) is 2.90. The van der Waals surface area contributed by atoms with Gasteiger partial charge in [0.25, 0.3) is 0 Å². The Morgan fingerprint density at radius 1 is 1.26 bits per heavy atom. The lowest BCUT2D eigenvalue weighted by atomic mass is 10.1. The quantitative estimate of drug-likeness (QED) is 0.905. The first-order valence-corrected chi connectivity index (χ1v) is 6.48. The molecule has 2 rings (SSSR count). The van der Waals surface area contributed by atoms with Crippen LogP contribution in [0.5, 0.6) is 0 Å². The summed E-state index contributed by atoms with van der Waals surface area (Å²) in [7, 11) is 0. The normalized spacial score (nSPS) is 11.7. The summed E-state index contributed by atoms with van der Waals surface area (Å²) in [5.74, 6) is -0.535. The van der Waals surface area contributed by atoms with E-state index in [1.807, 2.05) is 4.57 Å². The van der Waals surface area contributed by atoms with Crippen LogP contribution in [0.15, 0.2) is 12.1 Å². The van der Waals surface area contributed by atoms with Gasteiger partial charge in [0.1, 0.15) is 5.82 Å². The first-order chi connectivity index (χ1) is 9.02. The molecule has 3 nitrogen and oxygen atoms in total. The van der Waals surface area contributed by atoms with E-state index in [4.69, 9.17) is 5.11 Å². The second-order valence-corrected chi connectivity index (χ2v) is 5.11. The number of benzene rings is 1. The number of hydrogen-bond donors (Lipinski definition) is 1. The van der Waals surface area contributed by atoms with Crippen molar-refractivity contribution in [3.8, 4) is 0 Å². The number of aryl methyl sites for hydroxylation is 1. The van der Waals surface area contributed by atoms with Crippen LogP contribution in [-0.2, 0) is 13.0 Å². The van der Waals surface area contributed by atoms with E-state index in [0.29, 0.717) is 29.9 Å². The van der Waals surface area contributed by atoms with E-state index in [1.54, 1.807) is 0 Å². The summed E-state index contributed by atoms with van der Waals surface area (Å²) in [5.41, 5.74) is 1.05. The number of aliphatic hydroxyl groups is 1. The summed E-state index contributed by atoms with van der Waals surface area (Å²) < 4.78 is 28.5. The van der Waals surface area contributed by atoms with Gasteiger partial charge in [0.15, 0.2) is 11.6 Å². The molecule has 2 aromatic rings. The Kier molecular flexibility index (Phi) is 4.14. The summed E-state index contributed by atoms with van der Waals surface area (Å²) >= 11 is 0. The molecule has 1 aromatic carbocycles. The van der Waals surface area contributed by atoms with Gasteiger partial charge in [-0.25, -0.2) is 13.8 Å². The maximum atomic E-state index is 13.4. The Morgan fingerprint density at radius 3 is 2.58 bits per heavy atom. The predicted molar refractivity (Wildman–Crippen MR) is 69.9 cm³/mol. The second kappa shape index (κ2) is 5.65. The molecule has 104 valence electrons. The van der Waals surface area contributed by atoms with Gasteiger partial charge < -0.3 is 9.67 Å². The zero-order valence-electron chi connectivity index (χ0n) is 11.2. The van der Waals surface area contributed by atoms with Crippen LogP contribution in [0.3, 0.4) is 0 Å². The largest absolute Gasteiger partial charge is 0.396 e. The molecule has 0 amide bonds.